The molecule has 1 aromatic rings. The number of halogens is 4. The van der Waals surface area contributed by atoms with Gasteiger partial charge in [-0.1, -0.05) is 15.9 Å². The molecular formula is C12H14BrF3N2O4. The zero-order valence-corrected chi connectivity index (χ0v) is 12.8. The fourth-order valence-corrected chi connectivity index (χ4v) is 2.14. The van der Waals surface area contributed by atoms with Crippen LogP contribution in [0.15, 0.2) is 22.7 Å². The maximum Gasteiger partial charge on any atom is 0.390 e. The summed E-state index contributed by atoms with van der Waals surface area (Å²) in [6.07, 6.45) is -6.94. The van der Waals surface area contributed by atoms with Gasteiger partial charge in [0.1, 0.15) is 5.69 Å². The Balaban J connectivity index is 3.11. The monoisotopic (exact) mass is 386 g/mol. The Hall–Kier alpha value is -1.39. The van der Waals surface area contributed by atoms with E-state index in [0.29, 0.717) is 4.47 Å². The van der Waals surface area contributed by atoms with Crippen molar-refractivity contribution in [3.05, 3.63) is 32.8 Å². The van der Waals surface area contributed by atoms with Crippen molar-refractivity contribution in [1.82, 2.24) is 0 Å². The highest BCUT2D eigenvalue weighted by Gasteiger charge is 2.30. The average molecular weight is 387 g/mol. The molecule has 2 N–H and O–H groups in total. The molecular weight excluding hydrogens is 373 g/mol. The Morgan fingerprint density at radius 1 is 1.41 bits per heavy atom. The summed E-state index contributed by atoms with van der Waals surface area (Å²) in [5.74, 6) is 0. The van der Waals surface area contributed by atoms with Crippen LogP contribution in [0.3, 0.4) is 0 Å². The summed E-state index contributed by atoms with van der Waals surface area (Å²) in [5.41, 5.74) is -0.438. The Morgan fingerprint density at radius 3 is 2.55 bits per heavy atom. The summed E-state index contributed by atoms with van der Waals surface area (Å²) < 4.78 is 37.6. The van der Waals surface area contributed by atoms with E-state index in [4.69, 9.17) is 5.11 Å². The third-order valence-corrected chi connectivity index (χ3v) is 3.28. The highest BCUT2D eigenvalue weighted by molar-refractivity contribution is 9.10. The van der Waals surface area contributed by atoms with Crippen LogP contribution < -0.4 is 4.90 Å². The van der Waals surface area contributed by atoms with Crippen LogP contribution in [0, 0.1) is 10.1 Å². The van der Waals surface area contributed by atoms with Crippen LogP contribution in [-0.2, 0) is 0 Å². The van der Waals surface area contributed by atoms with Crippen molar-refractivity contribution in [2.75, 3.05) is 24.6 Å². The molecule has 0 bridgehead atoms. The Morgan fingerprint density at radius 2 is 2.05 bits per heavy atom. The lowest BCUT2D eigenvalue weighted by atomic mass is 10.2. The first-order valence-corrected chi connectivity index (χ1v) is 6.98. The number of nitro groups is 1. The number of hydrogen-bond donors (Lipinski definition) is 2. The number of rotatable bonds is 7. The number of aliphatic hydroxyl groups is 2. The Kier molecular flexibility index (Phi) is 6.57. The van der Waals surface area contributed by atoms with Gasteiger partial charge in [0.05, 0.1) is 24.1 Å². The molecule has 0 saturated heterocycles. The lowest BCUT2D eigenvalue weighted by molar-refractivity contribution is -0.384. The Bertz CT molecular complexity index is 528. The van der Waals surface area contributed by atoms with E-state index in [2.05, 4.69) is 15.9 Å². The summed E-state index contributed by atoms with van der Waals surface area (Å²) in [7, 11) is 0. The van der Waals surface area contributed by atoms with Gasteiger partial charge in [-0.15, -0.1) is 0 Å². The molecule has 0 spiro atoms. The summed E-state index contributed by atoms with van der Waals surface area (Å²) in [6.45, 7) is -1.58. The number of nitro benzene ring substituents is 1. The highest BCUT2D eigenvalue weighted by atomic mass is 79.9. The smallest absolute Gasteiger partial charge is 0.390 e. The van der Waals surface area contributed by atoms with Crippen molar-refractivity contribution in [2.45, 2.75) is 18.7 Å². The van der Waals surface area contributed by atoms with E-state index in [9.17, 15) is 28.4 Å². The van der Waals surface area contributed by atoms with Gasteiger partial charge < -0.3 is 15.1 Å². The predicted molar refractivity (Wildman–Crippen MR) is 76.8 cm³/mol. The van der Waals surface area contributed by atoms with E-state index in [-0.39, 0.29) is 17.9 Å². The molecule has 124 valence electrons. The summed E-state index contributed by atoms with van der Waals surface area (Å²) in [5, 5.41) is 29.4. The quantitative estimate of drug-likeness (QED) is 0.555. The van der Waals surface area contributed by atoms with Gasteiger partial charge >= 0.3 is 6.18 Å². The van der Waals surface area contributed by atoms with Gasteiger partial charge in [-0.2, -0.15) is 13.2 Å². The second kappa shape index (κ2) is 7.75. The number of nitrogens with zero attached hydrogens (tertiary/aromatic N) is 2. The maximum absolute atomic E-state index is 12.4. The molecule has 0 saturated carbocycles. The SMILES string of the molecule is O=[N+]([O-])c1cc(Br)ccc1N(CCC(F)(F)F)C[C@H](O)CO. The lowest BCUT2D eigenvalue weighted by Crippen LogP contribution is -2.37. The third-order valence-electron chi connectivity index (χ3n) is 2.78. The average Bonchev–Trinajstić information content (AvgIpc) is 2.42. The number of anilines is 1. The second-order valence-corrected chi connectivity index (χ2v) is 5.45. The van der Waals surface area contributed by atoms with E-state index in [0.717, 1.165) is 4.90 Å². The molecule has 1 atom stereocenters. The zero-order chi connectivity index (χ0) is 16.9. The van der Waals surface area contributed by atoms with Crippen molar-refractivity contribution in [2.24, 2.45) is 0 Å². The third kappa shape index (κ3) is 5.78. The molecule has 0 unspecified atom stereocenters. The molecule has 0 aliphatic carbocycles. The van der Waals surface area contributed by atoms with Gasteiger partial charge in [-0.25, -0.2) is 0 Å². The first kappa shape index (κ1) is 18.7. The van der Waals surface area contributed by atoms with E-state index in [1.54, 1.807) is 0 Å². The van der Waals surface area contributed by atoms with Crippen LogP contribution in [0.4, 0.5) is 24.5 Å². The van der Waals surface area contributed by atoms with Crippen LogP contribution >= 0.6 is 15.9 Å². The fraction of sp³-hybridized carbons (Fsp3) is 0.500. The maximum atomic E-state index is 12.4. The van der Waals surface area contributed by atoms with Gasteiger partial charge in [0.25, 0.3) is 5.69 Å². The topological polar surface area (TPSA) is 86.8 Å². The normalized spacial score (nSPS) is 13.0. The first-order chi connectivity index (χ1) is 10.1. The lowest BCUT2D eigenvalue weighted by Gasteiger charge is -2.27. The van der Waals surface area contributed by atoms with Crippen molar-refractivity contribution in [1.29, 1.82) is 0 Å². The molecule has 0 aromatic heterocycles. The standard InChI is InChI=1S/C12H14BrF3N2O4/c13-8-1-2-10(11(5-8)18(21)22)17(6-9(20)7-19)4-3-12(14,15)16/h1-2,5,9,19-20H,3-4,6-7H2/t9-/m0/s1. The summed E-state index contributed by atoms with van der Waals surface area (Å²) in [4.78, 5) is 11.4. The van der Waals surface area contributed by atoms with E-state index < -0.39 is 36.8 Å². The van der Waals surface area contributed by atoms with Crippen LogP contribution in [0.1, 0.15) is 6.42 Å². The fourth-order valence-electron chi connectivity index (χ4n) is 1.79. The predicted octanol–water partition coefficient (Wildman–Crippen LogP) is 2.47. The molecule has 0 aliphatic heterocycles. The molecule has 0 heterocycles. The highest BCUT2D eigenvalue weighted by Crippen LogP contribution is 2.32. The van der Waals surface area contributed by atoms with Crippen molar-refractivity contribution in [3.63, 3.8) is 0 Å². The molecule has 6 nitrogen and oxygen atoms in total. The number of benzene rings is 1. The molecule has 1 rings (SSSR count). The minimum atomic E-state index is -4.44. The molecule has 1 aromatic carbocycles. The summed E-state index contributed by atoms with van der Waals surface area (Å²) in [6, 6.07) is 3.91. The van der Waals surface area contributed by atoms with Crippen LogP contribution in [0.25, 0.3) is 0 Å². The van der Waals surface area contributed by atoms with Gasteiger partial charge in [0.2, 0.25) is 0 Å². The molecule has 22 heavy (non-hydrogen) atoms. The molecule has 10 heteroatoms. The number of alkyl halides is 3. The van der Waals surface area contributed by atoms with Crippen LogP contribution in [0.2, 0.25) is 0 Å². The molecule has 0 amide bonds. The van der Waals surface area contributed by atoms with Gasteiger partial charge in [-0.05, 0) is 12.1 Å². The van der Waals surface area contributed by atoms with Gasteiger partial charge in [0, 0.05) is 23.6 Å². The number of hydrogen-bond acceptors (Lipinski definition) is 5. The zero-order valence-electron chi connectivity index (χ0n) is 11.3. The van der Waals surface area contributed by atoms with Crippen LogP contribution in [-0.4, -0.2) is 47.1 Å². The van der Waals surface area contributed by atoms with Crippen molar-refractivity contribution in [3.8, 4) is 0 Å². The van der Waals surface area contributed by atoms with Gasteiger partial charge in [0.15, 0.2) is 0 Å². The molecule has 0 aliphatic rings. The van der Waals surface area contributed by atoms with E-state index in [1.807, 2.05) is 0 Å². The van der Waals surface area contributed by atoms with Crippen molar-refractivity contribution >= 4 is 27.3 Å². The largest absolute Gasteiger partial charge is 0.394 e. The van der Waals surface area contributed by atoms with Crippen LogP contribution in [0.5, 0.6) is 0 Å². The second-order valence-electron chi connectivity index (χ2n) is 4.54. The van der Waals surface area contributed by atoms with Gasteiger partial charge in [-0.3, -0.25) is 10.1 Å². The van der Waals surface area contributed by atoms with E-state index >= 15 is 0 Å². The molecule has 0 radical (unpaired) electrons. The number of aliphatic hydroxyl groups excluding tert-OH is 2. The minimum absolute atomic E-state index is 0.0510. The summed E-state index contributed by atoms with van der Waals surface area (Å²) >= 11 is 3.06. The van der Waals surface area contributed by atoms with E-state index in [1.165, 1.54) is 18.2 Å². The van der Waals surface area contributed by atoms with Crippen molar-refractivity contribution < 1.29 is 28.3 Å². The minimum Gasteiger partial charge on any atom is -0.394 e. The molecule has 0 fully saturated rings. The first-order valence-electron chi connectivity index (χ1n) is 6.18. The Labute approximate surface area is 132 Å².